The molecule has 1 aromatic carbocycles. The van der Waals surface area contributed by atoms with Crippen LogP contribution in [0, 0.1) is 0 Å². The Hall–Kier alpha value is -2.93. The van der Waals surface area contributed by atoms with E-state index in [-0.39, 0.29) is 24.5 Å². The molecule has 0 radical (unpaired) electrons. The molecule has 2 aromatic rings. The van der Waals surface area contributed by atoms with E-state index >= 15 is 0 Å². The Morgan fingerprint density at radius 2 is 2.00 bits per heavy atom. The fraction of sp³-hybridized carbons (Fsp3) is 0.381. The van der Waals surface area contributed by atoms with Crippen molar-refractivity contribution in [1.82, 2.24) is 25.4 Å². The molecule has 1 saturated heterocycles. The van der Waals surface area contributed by atoms with Gasteiger partial charge in [-0.3, -0.25) is 9.78 Å². The molecule has 146 valence electrons. The van der Waals surface area contributed by atoms with E-state index in [1.807, 2.05) is 29.2 Å². The zero-order chi connectivity index (χ0) is 19.3. The van der Waals surface area contributed by atoms with E-state index in [4.69, 9.17) is 0 Å². The maximum absolute atomic E-state index is 12.8. The Kier molecular flexibility index (Phi) is 5.53. The number of hydrogen-bond donors (Lipinski definition) is 2. The lowest BCUT2D eigenvalue weighted by molar-refractivity contribution is -0.133. The first-order valence-corrected chi connectivity index (χ1v) is 9.72. The predicted molar refractivity (Wildman–Crippen MR) is 106 cm³/mol. The van der Waals surface area contributed by atoms with Gasteiger partial charge in [0.15, 0.2) is 0 Å². The number of fused-ring (bicyclic) bond motifs is 1. The second-order valence-corrected chi connectivity index (χ2v) is 7.19. The van der Waals surface area contributed by atoms with Gasteiger partial charge in [0, 0.05) is 45.1 Å². The summed E-state index contributed by atoms with van der Waals surface area (Å²) in [7, 11) is 0. The van der Waals surface area contributed by atoms with Crippen LogP contribution >= 0.6 is 0 Å². The third kappa shape index (κ3) is 3.99. The van der Waals surface area contributed by atoms with Crippen LogP contribution in [0.5, 0.6) is 0 Å². The summed E-state index contributed by atoms with van der Waals surface area (Å²) in [6.07, 6.45) is 4.36. The van der Waals surface area contributed by atoms with Crippen LogP contribution < -0.4 is 10.6 Å². The number of carbonyl (C=O) groups excluding carboxylic acids is 2. The van der Waals surface area contributed by atoms with Crippen LogP contribution in [0.25, 0.3) is 0 Å². The van der Waals surface area contributed by atoms with Gasteiger partial charge < -0.3 is 20.4 Å². The highest BCUT2D eigenvalue weighted by Gasteiger charge is 2.28. The number of rotatable bonds is 3. The van der Waals surface area contributed by atoms with Crippen LogP contribution in [0.1, 0.15) is 22.7 Å². The SMILES string of the molecule is O=C(NCC(=O)N1CCNCC1c1cccnc1)N1CCc2ccccc2C1. The minimum absolute atomic E-state index is 0.00768. The van der Waals surface area contributed by atoms with E-state index in [2.05, 4.69) is 27.8 Å². The van der Waals surface area contributed by atoms with E-state index < -0.39 is 0 Å². The molecular formula is C21H25N5O2. The number of hydrogen-bond acceptors (Lipinski definition) is 4. The largest absolute Gasteiger partial charge is 0.332 e. The van der Waals surface area contributed by atoms with Gasteiger partial charge in [0.2, 0.25) is 5.91 Å². The molecule has 0 bridgehead atoms. The first-order chi connectivity index (χ1) is 13.7. The molecule has 7 heteroatoms. The molecule has 1 atom stereocenters. The minimum atomic E-state index is -0.184. The number of aromatic nitrogens is 1. The number of benzene rings is 1. The zero-order valence-electron chi connectivity index (χ0n) is 15.8. The predicted octanol–water partition coefficient (Wildman–Crippen LogP) is 1.32. The van der Waals surface area contributed by atoms with E-state index in [0.29, 0.717) is 26.2 Å². The topological polar surface area (TPSA) is 77.6 Å². The maximum Gasteiger partial charge on any atom is 0.318 e. The summed E-state index contributed by atoms with van der Waals surface area (Å²) < 4.78 is 0. The van der Waals surface area contributed by atoms with Crippen LogP contribution in [0.2, 0.25) is 0 Å². The standard InChI is InChI=1S/C21H25N5O2/c27-20(26-11-9-23-13-19(26)17-6-3-8-22-12-17)14-24-21(28)25-10-7-16-4-1-2-5-18(16)15-25/h1-6,8,12,19,23H,7,9-11,13-15H2,(H,24,28). The van der Waals surface area contributed by atoms with Gasteiger partial charge in [-0.05, 0) is 29.2 Å². The molecule has 3 heterocycles. The molecule has 1 fully saturated rings. The quantitative estimate of drug-likeness (QED) is 0.843. The number of carbonyl (C=O) groups is 2. The summed E-state index contributed by atoms with van der Waals surface area (Å²) >= 11 is 0. The lowest BCUT2D eigenvalue weighted by atomic mass is 10.0. The van der Waals surface area contributed by atoms with Crippen molar-refractivity contribution in [3.05, 3.63) is 65.5 Å². The van der Waals surface area contributed by atoms with Crippen LogP contribution in [0.15, 0.2) is 48.8 Å². The summed E-state index contributed by atoms with van der Waals surface area (Å²) in [4.78, 5) is 33.1. The molecular weight excluding hydrogens is 354 g/mol. The second-order valence-electron chi connectivity index (χ2n) is 7.19. The smallest absolute Gasteiger partial charge is 0.318 e. The fourth-order valence-electron chi connectivity index (χ4n) is 3.91. The molecule has 7 nitrogen and oxygen atoms in total. The molecule has 2 aliphatic heterocycles. The molecule has 1 unspecified atom stereocenters. The molecule has 0 saturated carbocycles. The molecule has 0 spiro atoms. The van der Waals surface area contributed by atoms with E-state index in [9.17, 15) is 9.59 Å². The average Bonchev–Trinajstić information content (AvgIpc) is 2.77. The third-order valence-electron chi connectivity index (χ3n) is 5.44. The van der Waals surface area contributed by atoms with Crippen molar-refractivity contribution in [1.29, 1.82) is 0 Å². The molecule has 4 rings (SSSR count). The fourth-order valence-corrected chi connectivity index (χ4v) is 3.91. The van der Waals surface area contributed by atoms with Crippen LogP contribution in [-0.4, -0.2) is 59.4 Å². The molecule has 2 N–H and O–H groups in total. The highest BCUT2D eigenvalue weighted by atomic mass is 16.2. The van der Waals surface area contributed by atoms with Gasteiger partial charge in [0.25, 0.3) is 0 Å². The van der Waals surface area contributed by atoms with Gasteiger partial charge in [-0.15, -0.1) is 0 Å². The Morgan fingerprint density at radius 1 is 1.14 bits per heavy atom. The van der Waals surface area contributed by atoms with Crippen molar-refractivity contribution in [2.45, 2.75) is 19.0 Å². The monoisotopic (exact) mass is 379 g/mol. The number of amides is 3. The summed E-state index contributed by atoms with van der Waals surface area (Å²) in [6, 6.07) is 11.8. The molecule has 3 amide bonds. The van der Waals surface area contributed by atoms with Gasteiger partial charge in [-0.2, -0.15) is 0 Å². The van der Waals surface area contributed by atoms with Crippen molar-refractivity contribution in [2.75, 3.05) is 32.7 Å². The van der Waals surface area contributed by atoms with Gasteiger partial charge in [0.05, 0.1) is 12.6 Å². The minimum Gasteiger partial charge on any atom is -0.332 e. The van der Waals surface area contributed by atoms with Crippen LogP contribution in [0.3, 0.4) is 0 Å². The van der Waals surface area contributed by atoms with Crippen LogP contribution in [-0.2, 0) is 17.8 Å². The highest BCUT2D eigenvalue weighted by Crippen LogP contribution is 2.21. The van der Waals surface area contributed by atoms with Gasteiger partial charge in [0.1, 0.15) is 0 Å². The van der Waals surface area contributed by atoms with Crippen molar-refractivity contribution in [2.24, 2.45) is 0 Å². The van der Waals surface area contributed by atoms with Gasteiger partial charge in [-0.1, -0.05) is 30.3 Å². The Labute approximate surface area is 164 Å². The number of urea groups is 1. The number of piperazine rings is 1. The Balaban J connectivity index is 1.35. The second kappa shape index (κ2) is 8.39. The third-order valence-corrected chi connectivity index (χ3v) is 5.44. The molecule has 28 heavy (non-hydrogen) atoms. The van der Waals surface area contributed by atoms with Crippen LogP contribution in [0.4, 0.5) is 4.79 Å². The first-order valence-electron chi connectivity index (χ1n) is 9.72. The molecule has 1 aromatic heterocycles. The van der Waals surface area contributed by atoms with Crippen molar-refractivity contribution < 1.29 is 9.59 Å². The Morgan fingerprint density at radius 3 is 2.82 bits per heavy atom. The van der Waals surface area contributed by atoms with E-state index in [1.165, 1.54) is 11.1 Å². The normalized spacial score (nSPS) is 19.1. The van der Waals surface area contributed by atoms with Gasteiger partial charge >= 0.3 is 6.03 Å². The highest BCUT2D eigenvalue weighted by molar-refractivity contribution is 5.84. The summed E-state index contributed by atoms with van der Waals surface area (Å²) in [5.74, 6) is -0.0684. The number of pyridine rings is 1. The zero-order valence-corrected chi connectivity index (χ0v) is 15.8. The van der Waals surface area contributed by atoms with Crippen molar-refractivity contribution in [3.8, 4) is 0 Å². The van der Waals surface area contributed by atoms with Crippen molar-refractivity contribution in [3.63, 3.8) is 0 Å². The maximum atomic E-state index is 12.8. The Bertz CT molecular complexity index is 842. The summed E-state index contributed by atoms with van der Waals surface area (Å²) in [6.45, 7) is 3.32. The summed E-state index contributed by atoms with van der Waals surface area (Å²) in [5.41, 5.74) is 3.47. The number of nitrogens with one attached hydrogen (secondary N) is 2. The van der Waals surface area contributed by atoms with E-state index in [1.54, 1.807) is 17.3 Å². The lowest BCUT2D eigenvalue weighted by Gasteiger charge is -2.36. The lowest BCUT2D eigenvalue weighted by Crippen LogP contribution is -2.52. The number of nitrogens with zero attached hydrogens (tertiary/aromatic N) is 3. The van der Waals surface area contributed by atoms with Crippen molar-refractivity contribution >= 4 is 11.9 Å². The molecule has 0 aliphatic carbocycles. The first kappa shape index (κ1) is 18.4. The van der Waals surface area contributed by atoms with E-state index in [0.717, 1.165) is 18.5 Å². The summed E-state index contributed by atoms with van der Waals surface area (Å²) in [5, 5.41) is 6.14. The molecule has 2 aliphatic rings. The van der Waals surface area contributed by atoms with Gasteiger partial charge in [-0.25, -0.2) is 4.79 Å². The average molecular weight is 379 g/mol.